The van der Waals surface area contributed by atoms with Crippen molar-refractivity contribution in [3.05, 3.63) is 52.3 Å². The summed E-state index contributed by atoms with van der Waals surface area (Å²) in [7, 11) is -3.57. The Hall–Kier alpha value is -1.67. The molecule has 156 valence electrons. The molecule has 29 heavy (non-hydrogen) atoms. The predicted molar refractivity (Wildman–Crippen MR) is 113 cm³/mol. The molecule has 0 spiro atoms. The van der Waals surface area contributed by atoms with Crippen molar-refractivity contribution < 1.29 is 13.2 Å². The molecule has 1 aliphatic carbocycles. The van der Waals surface area contributed by atoms with E-state index in [0.717, 1.165) is 17.0 Å². The lowest BCUT2D eigenvalue weighted by Crippen LogP contribution is -2.49. The summed E-state index contributed by atoms with van der Waals surface area (Å²) in [5.74, 6) is 0.108. The average molecular weight is 436 g/mol. The van der Waals surface area contributed by atoms with E-state index in [2.05, 4.69) is 11.5 Å². The molecule has 1 aliphatic heterocycles. The summed E-state index contributed by atoms with van der Waals surface area (Å²) >= 11 is 5.95. The van der Waals surface area contributed by atoms with Crippen LogP contribution in [0.2, 0.25) is 5.02 Å². The second-order valence-corrected chi connectivity index (χ2v) is 10.3. The van der Waals surface area contributed by atoms with E-state index in [9.17, 15) is 13.2 Å². The molecule has 0 amide bonds. The first-order chi connectivity index (χ1) is 13.8. The Bertz CT molecular complexity index is 1040. The van der Waals surface area contributed by atoms with Crippen LogP contribution in [0, 0.1) is 13.8 Å². The third kappa shape index (κ3) is 4.14. The molecule has 1 aromatic heterocycles. The van der Waals surface area contributed by atoms with Gasteiger partial charge in [0.25, 0.3) is 0 Å². The number of rotatable bonds is 6. The van der Waals surface area contributed by atoms with Crippen molar-refractivity contribution in [1.29, 1.82) is 0 Å². The molecule has 8 heteroatoms. The molecule has 2 aromatic rings. The van der Waals surface area contributed by atoms with Gasteiger partial charge in [-0.05, 0) is 51.0 Å². The molecular formula is C21H26ClN3O3S. The normalized spacial score (nSPS) is 18.9. The van der Waals surface area contributed by atoms with Gasteiger partial charge in [-0.25, -0.2) is 8.42 Å². The summed E-state index contributed by atoms with van der Waals surface area (Å²) in [4.78, 5) is 15.1. The van der Waals surface area contributed by atoms with Crippen molar-refractivity contribution in [2.24, 2.45) is 0 Å². The number of carbonyl (C=O) groups excluding carboxylic acids is 1. The fourth-order valence-corrected chi connectivity index (χ4v) is 5.87. The first-order valence-electron chi connectivity index (χ1n) is 9.97. The Labute approximate surface area is 177 Å². The maximum absolute atomic E-state index is 12.9. The highest BCUT2D eigenvalue weighted by Gasteiger charge is 2.31. The second kappa shape index (κ2) is 7.87. The zero-order valence-electron chi connectivity index (χ0n) is 16.8. The molecule has 0 N–H and O–H groups in total. The number of sulfonamides is 1. The predicted octanol–water partition coefficient (Wildman–Crippen LogP) is 3.28. The number of piperazine rings is 1. The molecule has 2 fully saturated rings. The van der Waals surface area contributed by atoms with Gasteiger partial charge in [-0.15, -0.1) is 0 Å². The third-order valence-corrected chi connectivity index (χ3v) is 7.96. The highest BCUT2D eigenvalue weighted by molar-refractivity contribution is 7.89. The minimum atomic E-state index is -3.57. The summed E-state index contributed by atoms with van der Waals surface area (Å²) in [6, 6.07) is 8.88. The maximum atomic E-state index is 12.9. The molecule has 2 aliphatic rings. The molecule has 2 heterocycles. The number of aromatic nitrogens is 1. The number of ketones is 1. The largest absolute Gasteiger partial charge is 0.345 e. The highest BCUT2D eigenvalue weighted by Crippen LogP contribution is 2.38. The molecule has 1 saturated carbocycles. The standard InChI is InChI=1S/C21H26ClN3O3S/c1-15-12-20(16(2)25(15)18-6-7-18)21(26)14-23-8-10-24(11-9-23)29(27,28)19-5-3-4-17(22)13-19/h3-5,12-13,18H,6-11,14H2,1-2H3. The van der Waals surface area contributed by atoms with Gasteiger partial charge >= 0.3 is 0 Å². The van der Waals surface area contributed by atoms with Gasteiger partial charge in [0.15, 0.2) is 5.78 Å². The van der Waals surface area contributed by atoms with Crippen LogP contribution in [0.5, 0.6) is 0 Å². The second-order valence-electron chi connectivity index (χ2n) is 7.95. The summed E-state index contributed by atoms with van der Waals surface area (Å²) < 4.78 is 29.4. The first-order valence-corrected chi connectivity index (χ1v) is 11.8. The first kappa shape index (κ1) is 20.6. The van der Waals surface area contributed by atoms with Crippen molar-refractivity contribution >= 4 is 27.4 Å². The van der Waals surface area contributed by atoms with E-state index in [4.69, 9.17) is 11.6 Å². The lowest BCUT2D eigenvalue weighted by atomic mass is 10.1. The van der Waals surface area contributed by atoms with E-state index in [1.807, 2.05) is 17.9 Å². The van der Waals surface area contributed by atoms with E-state index in [-0.39, 0.29) is 10.7 Å². The molecule has 0 atom stereocenters. The number of nitrogens with zero attached hydrogens (tertiary/aromatic N) is 3. The van der Waals surface area contributed by atoms with Gasteiger partial charge in [0.05, 0.1) is 11.4 Å². The number of hydrogen-bond acceptors (Lipinski definition) is 4. The van der Waals surface area contributed by atoms with Crippen LogP contribution in [0.15, 0.2) is 35.2 Å². The Morgan fingerprint density at radius 3 is 2.41 bits per heavy atom. The van der Waals surface area contributed by atoms with Gasteiger partial charge in [0, 0.05) is 54.2 Å². The third-order valence-electron chi connectivity index (χ3n) is 5.83. The highest BCUT2D eigenvalue weighted by atomic mass is 35.5. The van der Waals surface area contributed by atoms with Crippen molar-refractivity contribution in [1.82, 2.24) is 13.8 Å². The summed E-state index contributed by atoms with van der Waals surface area (Å²) in [5, 5.41) is 0.402. The molecule has 1 saturated heterocycles. The smallest absolute Gasteiger partial charge is 0.243 e. The number of Topliss-reactive ketones (excluding diaryl/α,β-unsaturated/α-hetero) is 1. The van der Waals surface area contributed by atoms with Gasteiger partial charge in [-0.1, -0.05) is 17.7 Å². The monoisotopic (exact) mass is 435 g/mol. The van der Waals surface area contributed by atoms with Gasteiger partial charge in [0.1, 0.15) is 0 Å². The SMILES string of the molecule is Cc1cc(C(=O)CN2CCN(S(=O)(=O)c3cccc(Cl)c3)CC2)c(C)n1C1CC1. The quantitative estimate of drug-likeness (QED) is 0.653. The molecule has 0 radical (unpaired) electrons. The van der Waals surface area contributed by atoms with Crippen molar-refractivity contribution in [3.63, 3.8) is 0 Å². The average Bonchev–Trinajstić information content (AvgIpc) is 3.47. The van der Waals surface area contributed by atoms with Gasteiger partial charge in [0.2, 0.25) is 10.0 Å². The van der Waals surface area contributed by atoms with Crippen LogP contribution in [0.25, 0.3) is 0 Å². The Morgan fingerprint density at radius 2 is 1.79 bits per heavy atom. The van der Waals surface area contributed by atoms with Crippen LogP contribution >= 0.6 is 11.6 Å². The summed E-state index contributed by atoms with van der Waals surface area (Å²) in [6.45, 7) is 6.20. The van der Waals surface area contributed by atoms with E-state index in [1.165, 1.54) is 23.2 Å². The zero-order chi connectivity index (χ0) is 20.8. The zero-order valence-corrected chi connectivity index (χ0v) is 18.3. The fourth-order valence-electron chi connectivity index (χ4n) is 4.15. The van der Waals surface area contributed by atoms with Crippen LogP contribution in [-0.4, -0.2) is 60.7 Å². The Kier molecular flexibility index (Phi) is 5.59. The van der Waals surface area contributed by atoms with E-state index in [1.54, 1.807) is 18.2 Å². The maximum Gasteiger partial charge on any atom is 0.243 e. The van der Waals surface area contributed by atoms with Gasteiger partial charge in [-0.3, -0.25) is 9.69 Å². The lowest BCUT2D eigenvalue weighted by molar-refractivity contribution is 0.0901. The van der Waals surface area contributed by atoms with Crippen molar-refractivity contribution in [3.8, 4) is 0 Å². The van der Waals surface area contributed by atoms with Crippen LogP contribution in [0.3, 0.4) is 0 Å². The molecule has 0 unspecified atom stereocenters. The van der Waals surface area contributed by atoms with Crippen LogP contribution in [0.4, 0.5) is 0 Å². The molecular weight excluding hydrogens is 410 g/mol. The molecule has 1 aromatic carbocycles. The van der Waals surface area contributed by atoms with Gasteiger partial charge in [-0.2, -0.15) is 4.31 Å². The van der Waals surface area contributed by atoms with Gasteiger partial charge < -0.3 is 4.57 Å². The summed E-state index contributed by atoms with van der Waals surface area (Å²) in [5.41, 5.74) is 2.99. The topological polar surface area (TPSA) is 62.6 Å². The summed E-state index contributed by atoms with van der Waals surface area (Å²) in [6.07, 6.45) is 2.38. The minimum absolute atomic E-state index is 0.108. The number of aryl methyl sites for hydroxylation is 1. The number of benzene rings is 1. The van der Waals surface area contributed by atoms with Crippen LogP contribution < -0.4 is 0 Å². The number of halogens is 1. The Balaban J connectivity index is 1.39. The van der Waals surface area contributed by atoms with Crippen molar-refractivity contribution in [2.75, 3.05) is 32.7 Å². The van der Waals surface area contributed by atoms with E-state index < -0.39 is 10.0 Å². The van der Waals surface area contributed by atoms with Crippen molar-refractivity contribution in [2.45, 2.75) is 37.6 Å². The van der Waals surface area contributed by atoms with Crippen LogP contribution in [0.1, 0.15) is 40.6 Å². The number of hydrogen-bond donors (Lipinski definition) is 0. The van der Waals surface area contributed by atoms with E-state index >= 15 is 0 Å². The molecule has 4 rings (SSSR count). The number of carbonyl (C=O) groups is 1. The molecule has 6 nitrogen and oxygen atoms in total. The van der Waals surface area contributed by atoms with E-state index in [0.29, 0.717) is 43.8 Å². The van der Waals surface area contributed by atoms with Crippen LogP contribution in [-0.2, 0) is 10.0 Å². The lowest BCUT2D eigenvalue weighted by Gasteiger charge is -2.33. The molecule has 0 bridgehead atoms. The minimum Gasteiger partial charge on any atom is -0.345 e. The fraction of sp³-hybridized carbons (Fsp3) is 0.476. The Morgan fingerprint density at radius 1 is 1.10 bits per heavy atom.